The van der Waals surface area contributed by atoms with Gasteiger partial charge in [0.15, 0.2) is 0 Å². The van der Waals surface area contributed by atoms with Crippen LogP contribution in [0.1, 0.15) is 66.2 Å². The SMILES string of the molecule is CC1(C)C2CCC(O)CC2C2C1C1CC(O)CCC1C2(C)C. The van der Waals surface area contributed by atoms with E-state index in [9.17, 15) is 10.2 Å². The largest absolute Gasteiger partial charge is 0.393 e. The van der Waals surface area contributed by atoms with Crippen LogP contribution in [0.4, 0.5) is 0 Å². The first-order valence-corrected chi connectivity index (χ1v) is 9.60. The molecule has 0 saturated heterocycles. The molecule has 2 heteroatoms. The molecular weight excluding hydrogens is 272 g/mol. The van der Waals surface area contributed by atoms with Crippen LogP contribution in [-0.4, -0.2) is 22.4 Å². The zero-order valence-electron chi connectivity index (χ0n) is 14.8. The molecule has 2 nitrogen and oxygen atoms in total. The van der Waals surface area contributed by atoms with Crippen LogP contribution in [0.25, 0.3) is 0 Å². The number of aliphatic hydroxyl groups is 2. The Bertz CT molecular complexity index is 413. The monoisotopic (exact) mass is 306 g/mol. The fourth-order valence-corrected chi connectivity index (χ4v) is 8.06. The summed E-state index contributed by atoms with van der Waals surface area (Å²) in [7, 11) is 0. The Labute approximate surface area is 135 Å². The molecule has 126 valence electrons. The van der Waals surface area contributed by atoms with Gasteiger partial charge in [-0.1, -0.05) is 27.7 Å². The van der Waals surface area contributed by atoms with Crippen LogP contribution >= 0.6 is 0 Å². The van der Waals surface area contributed by atoms with Crippen LogP contribution in [-0.2, 0) is 0 Å². The van der Waals surface area contributed by atoms with Crippen LogP contribution < -0.4 is 0 Å². The Kier molecular flexibility index (Phi) is 3.32. The molecule has 0 spiro atoms. The van der Waals surface area contributed by atoms with E-state index in [0.29, 0.717) is 22.7 Å². The molecule has 4 aliphatic rings. The maximum atomic E-state index is 10.3. The Morgan fingerprint density at radius 2 is 1.00 bits per heavy atom. The molecule has 0 bridgehead atoms. The first-order valence-electron chi connectivity index (χ1n) is 9.60. The van der Waals surface area contributed by atoms with Gasteiger partial charge in [0.2, 0.25) is 0 Å². The molecule has 0 amide bonds. The second-order valence-electron chi connectivity index (χ2n) is 10.2. The molecule has 0 aromatic rings. The molecule has 0 heterocycles. The minimum atomic E-state index is -0.0696. The summed E-state index contributed by atoms with van der Waals surface area (Å²) < 4.78 is 0. The average Bonchev–Trinajstić information content (AvgIpc) is 2.79. The van der Waals surface area contributed by atoms with Gasteiger partial charge in [0.25, 0.3) is 0 Å². The molecule has 0 aliphatic heterocycles. The molecule has 0 aromatic carbocycles. The van der Waals surface area contributed by atoms with Crippen molar-refractivity contribution in [2.45, 2.75) is 78.4 Å². The molecule has 22 heavy (non-hydrogen) atoms. The zero-order valence-corrected chi connectivity index (χ0v) is 14.8. The van der Waals surface area contributed by atoms with Gasteiger partial charge in [-0.2, -0.15) is 0 Å². The van der Waals surface area contributed by atoms with E-state index in [1.165, 1.54) is 12.8 Å². The normalized spacial score (nSPS) is 55.4. The van der Waals surface area contributed by atoms with Gasteiger partial charge in [0.05, 0.1) is 12.2 Å². The third-order valence-corrected chi connectivity index (χ3v) is 8.68. The predicted octanol–water partition coefficient (Wildman–Crippen LogP) is 3.85. The van der Waals surface area contributed by atoms with E-state index in [1.54, 1.807) is 0 Å². The molecule has 0 radical (unpaired) electrons. The third-order valence-electron chi connectivity index (χ3n) is 8.68. The van der Waals surface area contributed by atoms with E-state index < -0.39 is 0 Å². The van der Waals surface area contributed by atoms with Crippen LogP contribution in [0.5, 0.6) is 0 Å². The molecule has 2 N–H and O–H groups in total. The smallest absolute Gasteiger partial charge is 0.0543 e. The maximum absolute atomic E-state index is 10.3. The summed E-state index contributed by atoms with van der Waals surface area (Å²) in [5.74, 6) is 4.49. The molecule has 8 atom stereocenters. The number of hydrogen-bond donors (Lipinski definition) is 2. The minimum Gasteiger partial charge on any atom is -0.393 e. The first-order chi connectivity index (χ1) is 10.2. The van der Waals surface area contributed by atoms with E-state index in [-0.39, 0.29) is 12.2 Å². The summed E-state index contributed by atoms with van der Waals surface area (Å²) in [6.45, 7) is 10.0. The highest BCUT2D eigenvalue weighted by Gasteiger charge is 2.68. The maximum Gasteiger partial charge on any atom is 0.0543 e. The summed E-state index contributed by atoms with van der Waals surface area (Å²) >= 11 is 0. The third kappa shape index (κ3) is 1.86. The van der Waals surface area contributed by atoms with Crippen molar-refractivity contribution in [3.63, 3.8) is 0 Å². The average molecular weight is 306 g/mol. The highest BCUT2D eigenvalue weighted by Crippen LogP contribution is 2.73. The molecule has 8 unspecified atom stereocenters. The van der Waals surface area contributed by atoms with Crippen molar-refractivity contribution in [3.8, 4) is 0 Å². The van der Waals surface area contributed by atoms with Crippen LogP contribution in [0.3, 0.4) is 0 Å². The topological polar surface area (TPSA) is 40.5 Å². The van der Waals surface area contributed by atoms with E-state index in [0.717, 1.165) is 49.4 Å². The first kappa shape index (κ1) is 15.4. The van der Waals surface area contributed by atoms with Gasteiger partial charge in [0.1, 0.15) is 0 Å². The molecule has 4 saturated carbocycles. The summed E-state index contributed by atoms with van der Waals surface area (Å²) in [6, 6.07) is 0. The van der Waals surface area contributed by atoms with Gasteiger partial charge in [-0.25, -0.2) is 0 Å². The van der Waals surface area contributed by atoms with Crippen molar-refractivity contribution < 1.29 is 10.2 Å². The van der Waals surface area contributed by atoms with Crippen LogP contribution in [0.2, 0.25) is 0 Å². The fraction of sp³-hybridized carbons (Fsp3) is 1.00. The Hall–Kier alpha value is -0.0800. The molecule has 4 rings (SSSR count). The highest BCUT2D eigenvalue weighted by molar-refractivity contribution is 5.16. The van der Waals surface area contributed by atoms with E-state index >= 15 is 0 Å². The van der Waals surface area contributed by atoms with Gasteiger partial charge >= 0.3 is 0 Å². The summed E-state index contributed by atoms with van der Waals surface area (Å²) in [4.78, 5) is 0. The van der Waals surface area contributed by atoms with Crippen molar-refractivity contribution >= 4 is 0 Å². The number of fused-ring (bicyclic) bond motifs is 5. The molecule has 4 aliphatic carbocycles. The second kappa shape index (κ2) is 4.72. The van der Waals surface area contributed by atoms with E-state index in [2.05, 4.69) is 27.7 Å². The van der Waals surface area contributed by atoms with Gasteiger partial charge in [0, 0.05) is 0 Å². The quantitative estimate of drug-likeness (QED) is 0.713. The second-order valence-corrected chi connectivity index (χ2v) is 10.2. The standard InChI is InChI=1S/C20H34O2/c1-19(2)15-7-5-11(21)9-13(15)18-17(19)14-10-12(22)6-8-16(14)20(18,3)4/h11-18,21-22H,5-10H2,1-4H3. The predicted molar refractivity (Wildman–Crippen MR) is 88.2 cm³/mol. The zero-order chi connectivity index (χ0) is 15.9. The number of aliphatic hydroxyl groups excluding tert-OH is 2. The lowest BCUT2D eigenvalue weighted by atomic mass is 9.60. The lowest BCUT2D eigenvalue weighted by Crippen LogP contribution is -2.40. The highest BCUT2D eigenvalue weighted by atomic mass is 16.3. The minimum absolute atomic E-state index is 0.0696. The van der Waals surface area contributed by atoms with Crippen molar-refractivity contribution in [1.29, 1.82) is 0 Å². The molecule has 4 fully saturated rings. The fourth-order valence-electron chi connectivity index (χ4n) is 8.06. The number of rotatable bonds is 0. The van der Waals surface area contributed by atoms with E-state index in [1.807, 2.05) is 0 Å². The van der Waals surface area contributed by atoms with Gasteiger partial charge in [-0.3, -0.25) is 0 Å². The van der Waals surface area contributed by atoms with Gasteiger partial charge in [-0.15, -0.1) is 0 Å². The van der Waals surface area contributed by atoms with Gasteiger partial charge in [-0.05, 0) is 84.9 Å². The summed E-state index contributed by atoms with van der Waals surface area (Å²) in [5.41, 5.74) is 0.756. The Morgan fingerprint density at radius 3 is 1.36 bits per heavy atom. The molecular formula is C20H34O2. The Morgan fingerprint density at radius 1 is 0.636 bits per heavy atom. The van der Waals surface area contributed by atoms with Crippen molar-refractivity contribution in [3.05, 3.63) is 0 Å². The lowest BCUT2D eigenvalue weighted by molar-refractivity contribution is -0.0126. The van der Waals surface area contributed by atoms with E-state index in [4.69, 9.17) is 0 Å². The van der Waals surface area contributed by atoms with Crippen molar-refractivity contribution in [2.24, 2.45) is 46.3 Å². The van der Waals surface area contributed by atoms with Crippen molar-refractivity contribution in [2.75, 3.05) is 0 Å². The van der Waals surface area contributed by atoms with Crippen LogP contribution in [0, 0.1) is 46.3 Å². The molecule has 0 aromatic heterocycles. The number of hydrogen-bond acceptors (Lipinski definition) is 2. The van der Waals surface area contributed by atoms with Gasteiger partial charge < -0.3 is 10.2 Å². The van der Waals surface area contributed by atoms with Crippen molar-refractivity contribution in [1.82, 2.24) is 0 Å². The Balaban J connectivity index is 1.76. The lowest BCUT2D eigenvalue weighted by Gasteiger charge is -2.46. The summed E-state index contributed by atoms with van der Waals surface area (Å²) in [5, 5.41) is 20.6. The summed E-state index contributed by atoms with van der Waals surface area (Å²) in [6.07, 6.45) is 6.34. The van der Waals surface area contributed by atoms with Crippen LogP contribution in [0.15, 0.2) is 0 Å².